The molecule has 2 heterocycles. The zero-order valence-corrected chi connectivity index (χ0v) is 11.5. The lowest BCUT2D eigenvalue weighted by Crippen LogP contribution is -1.86. The molecular formula is C13H7BrN2OS. The van der Waals surface area contributed by atoms with Gasteiger partial charge in [-0.3, -0.25) is 4.79 Å². The minimum Gasteiger partial charge on any atom is -0.297 e. The summed E-state index contributed by atoms with van der Waals surface area (Å²) in [5.74, 6) is 0. The lowest BCUT2D eigenvalue weighted by Gasteiger charge is -2.03. The Bertz CT molecular complexity index is 739. The maximum absolute atomic E-state index is 10.7. The maximum atomic E-state index is 10.7. The fraction of sp³-hybridized carbons (Fsp3) is 0. The number of hydrogen-bond acceptors (Lipinski definition) is 4. The number of aldehydes is 1. The Labute approximate surface area is 116 Å². The van der Waals surface area contributed by atoms with Crippen molar-refractivity contribution in [1.82, 2.24) is 9.97 Å². The van der Waals surface area contributed by atoms with Crippen LogP contribution >= 0.6 is 27.3 Å². The molecule has 0 aliphatic heterocycles. The molecule has 3 nitrogen and oxygen atoms in total. The molecule has 3 aromatic rings. The van der Waals surface area contributed by atoms with E-state index in [1.54, 1.807) is 6.20 Å². The first kappa shape index (κ1) is 11.5. The molecule has 0 radical (unpaired) electrons. The highest BCUT2D eigenvalue weighted by molar-refractivity contribution is 9.10. The van der Waals surface area contributed by atoms with Gasteiger partial charge in [0.05, 0.1) is 10.4 Å². The van der Waals surface area contributed by atoms with Crippen molar-refractivity contribution in [2.45, 2.75) is 0 Å². The molecule has 0 spiro atoms. The van der Waals surface area contributed by atoms with Crippen molar-refractivity contribution in [3.8, 4) is 10.7 Å². The predicted octanol–water partition coefficient (Wildman–Crippen LogP) is 3.93. The average molecular weight is 319 g/mol. The van der Waals surface area contributed by atoms with Gasteiger partial charge in [0.1, 0.15) is 10.7 Å². The van der Waals surface area contributed by atoms with Crippen LogP contribution in [0.1, 0.15) is 9.67 Å². The van der Waals surface area contributed by atoms with Crippen LogP contribution in [0.5, 0.6) is 0 Å². The van der Waals surface area contributed by atoms with Gasteiger partial charge in [-0.05, 0) is 28.1 Å². The molecule has 0 unspecified atom stereocenters. The van der Waals surface area contributed by atoms with E-state index in [2.05, 4.69) is 25.9 Å². The van der Waals surface area contributed by atoms with Gasteiger partial charge in [-0.25, -0.2) is 9.97 Å². The minimum atomic E-state index is 0.604. The number of carbonyl (C=O) groups is 1. The smallest absolute Gasteiger partial charge is 0.161 e. The van der Waals surface area contributed by atoms with Crippen molar-refractivity contribution in [3.05, 3.63) is 45.9 Å². The van der Waals surface area contributed by atoms with E-state index < -0.39 is 0 Å². The molecule has 3 rings (SSSR count). The molecule has 88 valence electrons. The van der Waals surface area contributed by atoms with Gasteiger partial charge in [-0.15, -0.1) is 11.3 Å². The van der Waals surface area contributed by atoms with Gasteiger partial charge in [-0.1, -0.05) is 18.2 Å². The number of benzene rings is 1. The van der Waals surface area contributed by atoms with Gasteiger partial charge >= 0.3 is 0 Å². The molecule has 1 aromatic carbocycles. The standard InChI is InChI=1S/C13H7BrN2OS/c14-10-5-8-3-1-2-4-11(8)16-12(10)13-15-6-9(7-17)18-13/h1-7H. The van der Waals surface area contributed by atoms with Gasteiger partial charge in [0, 0.05) is 16.1 Å². The summed E-state index contributed by atoms with van der Waals surface area (Å²) in [6.45, 7) is 0. The summed E-state index contributed by atoms with van der Waals surface area (Å²) in [7, 11) is 0. The zero-order chi connectivity index (χ0) is 12.5. The first-order valence-corrected chi connectivity index (χ1v) is 6.85. The van der Waals surface area contributed by atoms with E-state index in [0.717, 1.165) is 32.4 Å². The molecule has 0 N–H and O–H groups in total. The number of hydrogen-bond donors (Lipinski definition) is 0. The Kier molecular flexibility index (Phi) is 2.93. The third-order valence-electron chi connectivity index (χ3n) is 2.52. The zero-order valence-electron chi connectivity index (χ0n) is 9.13. The van der Waals surface area contributed by atoms with Crippen molar-refractivity contribution >= 4 is 44.5 Å². The third kappa shape index (κ3) is 1.95. The van der Waals surface area contributed by atoms with Crippen molar-refractivity contribution < 1.29 is 4.79 Å². The molecule has 5 heteroatoms. The Morgan fingerprint density at radius 3 is 2.89 bits per heavy atom. The molecule has 0 saturated carbocycles. The van der Waals surface area contributed by atoms with Gasteiger partial charge in [0.2, 0.25) is 0 Å². The fourth-order valence-electron chi connectivity index (χ4n) is 1.69. The van der Waals surface area contributed by atoms with Crippen molar-refractivity contribution in [2.75, 3.05) is 0 Å². The molecule has 2 aromatic heterocycles. The summed E-state index contributed by atoms with van der Waals surface area (Å²) >= 11 is 4.84. The van der Waals surface area contributed by atoms with Gasteiger partial charge in [0.25, 0.3) is 0 Å². The van der Waals surface area contributed by atoms with Crippen molar-refractivity contribution in [1.29, 1.82) is 0 Å². The Morgan fingerprint density at radius 2 is 2.11 bits per heavy atom. The quantitative estimate of drug-likeness (QED) is 0.672. The predicted molar refractivity (Wildman–Crippen MR) is 75.9 cm³/mol. The second kappa shape index (κ2) is 4.59. The fourth-order valence-corrected chi connectivity index (χ4v) is 3.08. The number of nitrogens with zero attached hydrogens (tertiary/aromatic N) is 2. The topological polar surface area (TPSA) is 42.9 Å². The van der Waals surface area contributed by atoms with Crippen LogP contribution in [-0.4, -0.2) is 16.3 Å². The van der Waals surface area contributed by atoms with E-state index in [1.807, 2.05) is 30.3 Å². The van der Waals surface area contributed by atoms with Crippen LogP contribution < -0.4 is 0 Å². The van der Waals surface area contributed by atoms with Gasteiger partial charge in [-0.2, -0.15) is 0 Å². The van der Waals surface area contributed by atoms with Gasteiger partial charge < -0.3 is 0 Å². The number of rotatable bonds is 2. The molecule has 0 atom stereocenters. The molecule has 0 saturated heterocycles. The summed E-state index contributed by atoms with van der Waals surface area (Å²) in [5, 5.41) is 1.81. The second-order valence-electron chi connectivity index (χ2n) is 3.70. The molecule has 0 aliphatic rings. The highest BCUT2D eigenvalue weighted by Gasteiger charge is 2.11. The van der Waals surface area contributed by atoms with Crippen LogP contribution in [-0.2, 0) is 0 Å². The summed E-state index contributed by atoms with van der Waals surface area (Å²) in [4.78, 5) is 20.1. The first-order valence-electron chi connectivity index (χ1n) is 5.24. The number of aromatic nitrogens is 2. The van der Waals surface area contributed by atoms with Crippen LogP contribution in [0.25, 0.3) is 21.6 Å². The van der Waals surface area contributed by atoms with Crippen LogP contribution in [0.2, 0.25) is 0 Å². The molecule has 0 fully saturated rings. The van der Waals surface area contributed by atoms with E-state index in [-0.39, 0.29) is 0 Å². The number of pyridine rings is 1. The lowest BCUT2D eigenvalue weighted by atomic mass is 10.2. The van der Waals surface area contributed by atoms with Crippen molar-refractivity contribution in [2.24, 2.45) is 0 Å². The molecule has 0 aliphatic carbocycles. The summed E-state index contributed by atoms with van der Waals surface area (Å²) < 4.78 is 0.882. The Morgan fingerprint density at radius 1 is 1.28 bits per heavy atom. The Balaban J connectivity index is 2.21. The van der Waals surface area contributed by atoms with E-state index in [4.69, 9.17) is 0 Å². The van der Waals surface area contributed by atoms with Crippen molar-refractivity contribution in [3.63, 3.8) is 0 Å². The molecule has 18 heavy (non-hydrogen) atoms. The largest absolute Gasteiger partial charge is 0.297 e. The maximum Gasteiger partial charge on any atom is 0.161 e. The van der Waals surface area contributed by atoms with Crippen LogP contribution in [0, 0.1) is 0 Å². The number of carbonyl (C=O) groups excluding carboxylic acids is 1. The molecule has 0 bridgehead atoms. The highest BCUT2D eigenvalue weighted by atomic mass is 79.9. The van der Waals surface area contributed by atoms with E-state index >= 15 is 0 Å². The monoisotopic (exact) mass is 318 g/mol. The number of halogens is 1. The van der Waals surface area contributed by atoms with Crippen LogP contribution in [0.4, 0.5) is 0 Å². The summed E-state index contributed by atoms with van der Waals surface area (Å²) in [6.07, 6.45) is 2.37. The number of para-hydroxylation sites is 1. The van der Waals surface area contributed by atoms with Crippen LogP contribution in [0.3, 0.4) is 0 Å². The Hall–Kier alpha value is -1.59. The molecule has 0 amide bonds. The number of thiazole rings is 1. The van der Waals surface area contributed by atoms with E-state index in [9.17, 15) is 4.79 Å². The van der Waals surface area contributed by atoms with E-state index in [1.165, 1.54) is 11.3 Å². The average Bonchev–Trinajstić information content (AvgIpc) is 2.86. The normalized spacial score (nSPS) is 10.7. The summed E-state index contributed by atoms with van der Waals surface area (Å²) in [5.41, 5.74) is 1.69. The first-order chi connectivity index (χ1) is 8.78. The number of fused-ring (bicyclic) bond motifs is 1. The van der Waals surface area contributed by atoms with Gasteiger partial charge in [0.15, 0.2) is 6.29 Å². The minimum absolute atomic E-state index is 0.604. The molecular weight excluding hydrogens is 312 g/mol. The summed E-state index contributed by atoms with van der Waals surface area (Å²) in [6, 6.07) is 9.91. The van der Waals surface area contributed by atoms with E-state index in [0.29, 0.717) is 4.88 Å². The SMILES string of the molecule is O=Cc1cnc(-c2nc3ccccc3cc2Br)s1. The van der Waals surface area contributed by atoms with Crippen LogP contribution in [0.15, 0.2) is 41.0 Å². The lowest BCUT2D eigenvalue weighted by molar-refractivity contribution is 0.112. The highest BCUT2D eigenvalue weighted by Crippen LogP contribution is 2.31. The third-order valence-corrected chi connectivity index (χ3v) is 4.05. The second-order valence-corrected chi connectivity index (χ2v) is 5.61.